The molecule has 90 valence electrons. The van der Waals surface area contributed by atoms with E-state index in [2.05, 4.69) is 16.4 Å². The second kappa shape index (κ2) is 5.69. The van der Waals surface area contributed by atoms with Gasteiger partial charge in [0, 0.05) is 6.20 Å². The van der Waals surface area contributed by atoms with Gasteiger partial charge in [-0.15, -0.1) is 0 Å². The van der Waals surface area contributed by atoms with Crippen LogP contribution in [0.15, 0.2) is 42.6 Å². The number of rotatable bonds is 4. The molecule has 0 aliphatic heterocycles. The van der Waals surface area contributed by atoms with Crippen LogP contribution >= 0.6 is 0 Å². The average Bonchev–Trinajstić information content (AvgIpc) is 2.41. The number of para-hydroxylation sites is 2. The van der Waals surface area contributed by atoms with Crippen molar-refractivity contribution in [1.82, 2.24) is 4.98 Å². The number of hydrogen-bond acceptors (Lipinski definition) is 4. The number of anilines is 2. The molecule has 0 aliphatic rings. The zero-order chi connectivity index (χ0) is 12.8. The Balaban J connectivity index is 2.25. The minimum Gasteiger partial charge on any atom is -0.492 e. The first kappa shape index (κ1) is 11.9. The van der Waals surface area contributed by atoms with Crippen LogP contribution in [0.2, 0.25) is 0 Å². The lowest BCUT2D eigenvalue weighted by Crippen LogP contribution is -1.99. The van der Waals surface area contributed by atoms with Crippen molar-refractivity contribution in [3.63, 3.8) is 0 Å². The van der Waals surface area contributed by atoms with Crippen molar-refractivity contribution in [2.75, 3.05) is 11.9 Å². The van der Waals surface area contributed by atoms with Crippen molar-refractivity contribution in [2.45, 2.75) is 6.92 Å². The summed E-state index contributed by atoms with van der Waals surface area (Å²) in [6.45, 7) is 2.54. The molecule has 2 aromatic rings. The van der Waals surface area contributed by atoms with Gasteiger partial charge in [-0.3, -0.25) is 0 Å². The predicted octanol–water partition coefficient (Wildman–Crippen LogP) is 3.10. The number of pyridine rings is 1. The van der Waals surface area contributed by atoms with E-state index in [0.717, 1.165) is 11.4 Å². The lowest BCUT2D eigenvalue weighted by atomic mass is 10.2. The molecule has 4 heteroatoms. The van der Waals surface area contributed by atoms with Gasteiger partial charge in [0.2, 0.25) is 0 Å². The molecule has 1 aromatic carbocycles. The van der Waals surface area contributed by atoms with E-state index in [4.69, 9.17) is 10.00 Å². The third kappa shape index (κ3) is 2.77. The maximum atomic E-state index is 8.84. The third-order valence-corrected chi connectivity index (χ3v) is 2.34. The van der Waals surface area contributed by atoms with Crippen LogP contribution in [-0.4, -0.2) is 11.6 Å². The van der Waals surface area contributed by atoms with Crippen LogP contribution in [0.1, 0.15) is 12.5 Å². The molecular formula is C14H13N3O. The maximum Gasteiger partial charge on any atom is 0.142 e. The lowest BCUT2D eigenvalue weighted by Gasteiger charge is -2.11. The van der Waals surface area contributed by atoms with Gasteiger partial charge in [-0.1, -0.05) is 12.1 Å². The molecule has 0 bridgehead atoms. The molecular weight excluding hydrogens is 226 g/mol. The van der Waals surface area contributed by atoms with Crippen LogP contribution in [0.3, 0.4) is 0 Å². The molecule has 0 saturated heterocycles. The van der Waals surface area contributed by atoms with E-state index in [1.807, 2.05) is 31.2 Å². The summed E-state index contributed by atoms with van der Waals surface area (Å²) < 4.78 is 5.51. The summed E-state index contributed by atoms with van der Waals surface area (Å²) in [5.74, 6) is 1.39. The monoisotopic (exact) mass is 239 g/mol. The van der Waals surface area contributed by atoms with E-state index in [-0.39, 0.29) is 0 Å². The smallest absolute Gasteiger partial charge is 0.142 e. The highest BCUT2D eigenvalue weighted by atomic mass is 16.5. The second-order valence-electron chi connectivity index (χ2n) is 3.60. The van der Waals surface area contributed by atoms with Crippen LogP contribution in [0, 0.1) is 11.3 Å². The van der Waals surface area contributed by atoms with Crippen LogP contribution in [-0.2, 0) is 0 Å². The van der Waals surface area contributed by atoms with Gasteiger partial charge in [0.25, 0.3) is 0 Å². The molecule has 2 rings (SSSR count). The Morgan fingerprint density at radius 1 is 1.33 bits per heavy atom. The maximum absolute atomic E-state index is 8.84. The highest BCUT2D eigenvalue weighted by Gasteiger charge is 2.03. The Bertz CT molecular complexity index is 575. The molecule has 0 radical (unpaired) electrons. The third-order valence-electron chi connectivity index (χ3n) is 2.34. The van der Waals surface area contributed by atoms with Crippen LogP contribution < -0.4 is 10.1 Å². The van der Waals surface area contributed by atoms with E-state index in [1.54, 1.807) is 18.3 Å². The van der Waals surface area contributed by atoms with Gasteiger partial charge in [0.15, 0.2) is 0 Å². The van der Waals surface area contributed by atoms with Gasteiger partial charge in [-0.2, -0.15) is 5.26 Å². The van der Waals surface area contributed by atoms with Gasteiger partial charge in [0.1, 0.15) is 11.6 Å². The first-order chi connectivity index (χ1) is 8.83. The minimum atomic E-state index is 0.571. The number of aromatic nitrogens is 1. The van der Waals surface area contributed by atoms with Crippen molar-refractivity contribution < 1.29 is 4.74 Å². The predicted molar refractivity (Wildman–Crippen MR) is 69.8 cm³/mol. The number of hydrogen-bond donors (Lipinski definition) is 1. The molecule has 1 heterocycles. The highest BCUT2D eigenvalue weighted by Crippen LogP contribution is 2.26. The normalized spacial score (nSPS) is 9.56. The Morgan fingerprint density at radius 2 is 2.17 bits per heavy atom. The summed E-state index contributed by atoms with van der Waals surface area (Å²) in [6.07, 6.45) is 1.60. The number of benzene rings is 1. The number of nitriles is 1. The molecule has 0 spiro atoms. The van der Waals surface area contributed by atoms with E-state index in [0.29, 0.717) is 18.0 Å². The summed E-state index contributed by atoms with van der Waals surface area (Å²) in [6, 6.07) is 13.1. The van der Waals surface area contributed by atoms with Gasteiger partial charge in [0.05, 0.1) is 23.9 Å². The number of ether oxygens (including phenoxy) is 1. The van der Waals surface area contributed by atoms with Crippen molar-refractivity contribution in [3.05, 3.63) is 48.2 Å². The summed E-state index contributed by atoms with van der Waals surface area (Å²) in [4.78, 5) is 4.17. The second-order valence-corrected chi connectivity index (χ2v) is 3.60. The Labute approximate surface area is 106 Å². The molecule has 0 saturated carbocycles. The summed E-state index contributed by atoms with van der Waals surface area (Å²) in [5, 5.41) is 12.0. The molecule has 0 fully saturated rings. The van der Waals surface area contributed by atoms with E-state index >= 15 is 0 Å². The number of nitrogens with zero attached hydrogens (tertiary/aromatic N) is 2. The average molecular weight is 239 g/mol. The lowest BCUT2D eigenvalue weighted by molar-refractivity contribution is 0.342. The largest absolute Gasteiger partial charge is 0.492 e. The summed E-state index contributed by atoms with van der Waals surface area (Å²) in [5.41, 5.74) is 1.41. The quantitative estimate of drug-likeness (QED) is 0.890. The standard InChI is InChI=1S/C14H13N3O/c1-2-18-13-6-4-3-5-12(13)17-14-9-11(10-15)7-8-16-14/h3-9H,2H2,1H3,(H,16,17). The van der Waals surface area contributed by atoms with E-state index in [9.17, 15) is 0 Å². The van der Waals surface area contributed by atoms with E-state index < -0.39 is 0 Å². The van der Waals surface area contributed by atoms with Crippen molar-refractivity contribution >= 4 is 11.5 Å². The van der Waals surface area contributed by atoms with Gasteiger partial charge in [-0.25, -0.2) is 4.98 Å². The molecule has 0 amide bonds. The number of nitrogens with one attached hydrogen (secondary N) is 1. The molecule has 0 aliphatic carbocycles. The topological polar surface area (TPSA) is 57.9 Å². The van der Waals surface area contributed by atoms with Gasteiger partial charge >= 0.3 is 0 Å². The highest BCUT2D eigenvalue weighted by molar-refractivity contribution is 5.64. The van der Waals surface area contributed by atoms with Crippen molar-refractivity contribution in [3.8, 4) is 11.8 Å². The Kier molecular flexibility index (Phi) is 3.77. The zero-order valence-corrected chi connectivity index (χ0v) is 10.1. The van der Waals surface area contributed by atoms with Crippen LogP contribution in [0.4, 0.5) is 11.5 Å². The first-order valence-electron chi connectivity index (χ1n) is 5.68. The summed E-state index contributed by atoms with van der Waals surface area (Å²) >= 11 is 0. The zero-order valence-electron chi connectivity index (χ0n) is 10.1. The summed E-state index contributed by atoms with van der Waals surface area (Å²) in [7, 11) is 0. The molecule has 1 aromatic heterocycles. The van der Waals surface area contributed by atoms with Gasteiger partial charge < -0.3 is 10.1 Å². The van der Waals surface area contributed by atoms with Crippen LogP contribution in [0.25, 0.3) is 0 Å². The van der Waals surface area contributed by atoms with Crippen LogP contribution in [0.5, 0.6) is 5.75 Å². The Hall–Kier alpha value is -2.54. The Morgan fingerprint density at radius 3 is 2.94 bits per heavy atom. The molecule has 4 nitrogen and oxygen atoms in total. The van der Waals surface area contributed by atoms with E-state index in [1.165, 1.54) is 0 Å². The molecule has 0 atom stereocenters. The van der Waals surface area contributed by atoms with Crippen molar-refractivity contribution in [2.24, 2.45) is 0 Å². The molecule has 18 heavy (non-hydrogen) atoms. The first-order valence-corrected chi connectivity index (χ1v) is 5.68. The molecule has 1 N–H and O–H groups in total. The minimum absolute atomic E-state index is 0.571. The fraction of sp³-hybridized carbons (Fsp3) is 0.143. The fourth-order valence-corrected chi connectivity index (χ4v) is 1.56. The fourth-order valence-electron chi connectivity index (χ4n) is 1.56. The SMILES string of the molecule is CCOc1ccccc1Nc1cc(C#N)ccn1. The van der Waals surface area contributed by atoms with Gasteiger partial charge in [-0.05, 0) is 31.2 Å². The van der Waals surface area contributed by atoms with Crippen molar-refractivity contribution in [1.29, 1.82) is 5.26 Å². The molecule has 0 unspecified atom stereocenters.